The molecule has 3 aromatic heterocycles. The highest BCUT2D eigenvalue weighted by Crippen LogP contribution is 2.50. The number of methoxy groups -OCH3 is 1. The summed E-state index contributed by atoms with van der Waals surface area (Å²) in [5.74, 6) is -0.280. The highest BCUT2D eigenvalue weighted by Gasteiger charge is 2.46. The largest absolute Gasteiger partial charge is 0.465 e. The maximum absolute atomic E-state index is 15.4. The minimum absolute atomic E-state index is 0.0268. The number of rotatable bonds is 8. The summed E-state index contributed by atoms with van der Waals surface area (Å²) >= 11 is 6.08. The topological polar surface area (TPSA) is 109 Å². The number of anilines is 1. The van der Waals surface area contributed by atoms with Crippen LogP contribution in [0.1, 0.15) is 28.8 Å². The Morgan fingerprint density at radius 2 is 1.98 bits per heavy atom. The van der Waals surface area contributed by atoms with Crippen LogP contribution in [0.25, 0.3) is 11.0 Å². The van der Waals surface area contributed by atoms with Crippen LogP contribution in [0.15, 0.2) is 67.1 Å². The molecule has 14 heteroatoms. The predicted octanol–water partition coefficient (Wildman–Crippen LogP) is 4.64. The van der Waals surface area contributed by atoms with Gasteiger partial charge in [-0.05, 0) is 42.5 Å². The fourth-order valence-corrected chi connectivity index (χ4v) is 7.09. The van der Waals surface area contributed by atoms with E-state index in [-0.39, 0.29) is 23.2 Å². The number of nitrogens with zero attached hydrogens (tertiary/aromatic N) is 7. The molecule has 6 heterocycles. The smallest absolute Gasteiger partial charge is 0.338 e. The van der Waals surface area contributed by atoms with Crippen molar-refractivity contribution in [3.8, 4) is 11.5 Å². The fraction of sp³-hybridized carbons (Fsp3) is 0.353. The van der Waals surface area contributed by atoms with E-state index in [9.17, 15) is 4.79 Å². The molecule has 2 aromatic carbocycles. The van der Waals surface area contributed by atoms with Crippen molar-refractivity contribution in [1.82, 2.24) is 29.2 Å². The molecule has 0 N–H and O–H groups in total. The lowest BCUT2D eigenvalue weighted by Gasteiger charge is -2.44. The van der Waals surface area contributed by atoms with Gasteiger partial charge in [-0.25, -0.2) is 14.2 Å². The molecule has 0 amide bonds. The van der Waals surface area contributed by atoms with Crippen LogP contribution in [0.3, 0.4) is 0 Å². The molecular weight excluding hydrogens is 641 g/mol. The zero-order chi connectivity index (χ0) is 33.0. The van der Waals surface area contributed by atoms with Gasteiger partial charge in [-0.15, -0.1) is 0 Å². The highest BCUT2D eigenvalue weighted by molar-refractivity contribution is 6.30. The van der Waals surface area contributed by atoms with Crippen LogP contribution in [-0.2, 0) is 34.9 Å². The number of carbonyl (C=O) groups excluding carboxylic acids is 1. The van der Waals surface area contributed by atoms with E-state index in [1.165, 1.54) is 13.2 Å². The van der Waals surface area contributed by atoms with Crippen molar-refractivity contribution in [2.45, 2.75) is 44.4 Å². The number of carbonyl (C=O) groups is 1. The number of benzene rings is 2. The molecule has 48 heavy (non-hydrogen) atoms. The third kappa shape index (κ3) is 5.31. The van der Waals surface area contributed by atoms with Gasteiger partial charge in [0.2, 0.25) is 0 Å². The van der Waals surface area contributed by atoms with Gasteiger partial charge in [-0.3, -0.25) is 14.6 Å². The fourth-order valence-electron chi connectivity index (χ4n) is 6.98. The quantitative estimate of drug-likeness (QED) is 0.216. The van der Waals surface area contributed by atoms with E-state index in [0.717, 1.165) is 5.69 Å². The van der Waals surface area contributed by atoms with E-state index < -0.39 is 17.6 Å². The maximum Gasteiger partial charge on any atom is 0.338 e. The van der Waals surface area contributed by atoms with Crippen LogP contribution in [0.4, 0.5) is 10.1 Å². The Bertz CT molecular complexity index is 1990. The first-order valence-electron chi connectivity index (χ1n) is 15.8. The van der Waals surface area contributed by atoms with Gasteiger partial charge in [0.1, 0.15) is 17.0 Å². The summed E-state index contributed by atoms with van der Waals surface area (Å²) < 4.78 is 43.0. The molecule has 2 fully saturated rings. The molecule has 3 aliphatic rings. The van der Waals surface area contributed by atoms with E-state index in [4.69, 9.17) is 35.5 Å². The van der Waals surface area contributed by atoms with Crippen molar-refractivity contribution >= 4 is 34.3 Å². The summed E-state index contributed by atoms with van der Waals surface area (Å²) in [7, 11) is 1.28. The van der Waals surface area contributed by atoms with Crippen LogP contribution in [-0.4, -0.2) is 80.7 Å². The first kappa shape index (κ1) is 30.6. The van der Waals surface area contributed by atoms with Crippen LogP contribution >= 0.6 is 11.6 Å². The summed E-state index contributed by atoms with van der Waals surface area (Å²) in [5, 5.41) is 4.86. The lowest BCUT2D eigenvalue weighted by molar-refractivity contribution is -0.0716. The first-order valence-corrected chi connectivity index (χ1v) is 16.1. The second kappa shape index (κ2) is 12.1. The van der Waals surface area contributed by atoms with Crippen molar-refractivity contribution in [1.29, 1.82) is 0 Å². The zero-order valence-electron chi connectivity index (χ0n) is 26.4. The third-order valence-corrected chi connectivity index (χ3v) is 9.57. The Kier molecular flexibility index (Phi) is 7.69. The number of hydrogen-bond donors (Lipinski definition) is 0. The van der Waals surface area contributed by atoms with Gasteiger partial charge in [-0.2, -0.15) is 5.10 Å². The second-order valence-corrected chi connectivity index (χ2v) is 12.7. The molecule has 5 aromatic rings. The highest BCUT2D eigenvalue weighted by atomic mass is 35.5. The number of aryl methyl sites for hydroxylation is 2. The van der Waals surface area contributed by atoms with E-state index in [0.29, 0.717) is 79.5 Å². The number of aromatic nitrogens is 5. The number of fused-ring (bicyclic) bond motifs is 3. The number of piperazine rings is 1. The van der Waals surface area contributed by atoms with Gasteiger partial charge in [0.25, 0.3) is 5.79 Å². The van der Waals surface area contributed by atoms with Crippen molar-refractivity contribution in [3.63, 3.8) is 0 Å². The Hall–Kier alpha value is -4.72. The van der Waals surface area contributed by atoms with Crippen molar-refractivity contribution in [2.24, 2.45) is 0 Å². The molecule has 0 saturated carbocycles. The second-order valence-electron chi connectivity index (χ2n) is 12.2. The summed E-state index contributed by atoms with van der Waals surface area (Å²) in [6.07, 6.45) is 5.18. The lowest BCUT2D eigenvalue weighted by atomic mass is 10.0. The number of halogens is 2. The molecule has 2 saturated heterocycles. The Morgan fingerprint density at radius 1 is 1.10 bits per heavy atom. The molecule has 0 spiro atoms. The van der Waals surface area contributed by atoms with E-state index in [2.05, 4.69) is 19.9 Å². The number of para-hydroxylation sites is 1. The summed E-state index contributed by atoms with van der Waals surface area (Å²) in [6, 6.07) is 14.2. The van der Waals surface area contributed by atoms with Crippen molar-refractivity contribution in [2.75, 3.05) is 38.3 Å². The maximum atomic E-state index is 15.4. The molecule has 0 bridgehead atoms. The zero-order valence-corrected chi connectivity index (χ0v) is 27.1. The Morgan fingerprint density at radius 3 is 2.77 bits per heavy atom. The molecule has 248 valence electrons. The monoisotopic (exact) mass is 673 g/mol. The van der Waals surface area contributed by atoms with Gasteiger partial charge >= 0.3 is 5.97 Å². The number of pyridine rings is 1. The molecule has 0 aliphatic carbocycles. The van der Waals surface area contributed by atoms with Gasteiger partial charge < -0.3 is 28.4 Å². The molecule has 3 atom stereocenters. The minimum atomic E-state index is -1.10. The van der Waals surface area contributed by atoms with Crippen molar-refractivity contribution < 1.29 is 28.1 Å². The average Bonchev–Trinajstić information content (AvgIpc) is 3.90. The standard InChI is InChI=1S/C34H33ClFN7O5/c1-34(29-8-7-22(35)17-37-29)47-28-6-3-5-24(32(28)48-34)42-13-11-40(26-19-46-20-27(26)42)18-30-39-31-23(36)15-21(33(44)45-2)16-25(31)43(30)14-12-41-10-4-9-38-41/h3-10,15-17,26-27H,11-14,18-20H2,1-2H3/t26-,27+,34?/m1/s1. The predicted molar refractivity (Wildman–Crippen MR) is 174 cm³/mol. The Labute approximate surface area is 280 Å². The number of esters is 1. The van der Waals surface area contributed by atoms with E-state index >= 15 is 4.39 Å². The number of ether oxygens (including phenoxy) is 4. The van der Waals surface area contributed by atoms with Crippen LogP contribution in [0.2, 0.25) is 5.02 Å². The SMILES string of the molecule is COC(=O)c1cc(F)c2nc(CN3CCN(c4cccc5c4OC(C)(c4ccc(Cl)cn4)O5)[C@H]4COC[C@H]43)n(CCn3cccn3)c2c1. The number of hydrogen-bond acceptors (Lipinski definition) is 10. The molecule has 0 radical (unpaired) electrons. The third-order valence-electron chi connectivity index (χ3n) is 9.34. The lowest BCUT2D eigenvalue weighted by Crippen LogP contribution is -2.59. The number of imidazole rings is 1. The summed E-state index contributed by atoms with van der Waals surface area (Å²) in [6.45, 7) is 5.80. The van der Waals surface area contributed by atoms with Gasteiger partial charge in [0, 0.05) is 45.1 Å². The normalized spacial score (nSPS) is 22.0. The van der Waals surface area contributed by atoms with Gasteiger partial charge in [-0.1, -0.05) is 17.7 Å². The molecule has 3 aliphatic heterocycles. The van der Waals surface area contributed by atoms with Gasteiger partial charge in [0.05, 0.1) is 67.3 Å². The van der Waals surface area contributed by atoms with Crippen LogP contribution in [0, 0.1) is 5.82 Å². The molecule has 12 nitrogen and oxygen atoms in total. The van der Waals surface area contributed by atoms with Crippen molar-refractivity contribution in [3.05, 3.63) is 95.0 Å². The average molecular weight is 674 g/mol. The van der Waals surface area contributed by atoms with E-state index in [1.807, 2.05) is 46.6 Å². The minimum Gasteiger partial charge on any atom is -0.465 e. The van der Waals surface area contributed by atoms with Gasteiger partial charge in [0.15, 0.2) is 17.3 Å². The molecule has 1 unspecified atom stereocenters. The van der Waals surface area contributed by atoms with Crippen LogP contribution in [0.5, 0.6) is 11.5 Å². The summed E-state index contributed by atoms with van der Waals surface area (Å²) in [4.78, 5) is 26.3. The summed E-state index contributed by atoms with van der Waals surface area (Å²) in [5.41, 5.74) is 2.43. The van der Waals surface area contributed by atoms with E-state index in [1.54, 1.807) is 30.6 Å². The Balaban J connectivity index is 1.08. The molecular formula is C34H33ClFN7O5. The first-order chi connectivity index (χ1) is 23.3. The molecule has 8 rings (SSSR count). The van der Waals surface area contributed by atoms with Crippen LogP contribution < -0.4 is 14.4 Å².